The first-order chi connectivity index (χ1) is 17.0. The van der Waals surface area contributed by atoms with Gasteiger partial charge in [0, 0.05) is 6.08 Å². The maximum absolute atomic E-state index is 12.1. The number of phenolic OH excluding ortho intramolecular Hbond substituents is 3. The number of aliphatic hydroxyl groups excluding tert-OH is 3. The van der Waals surface area contributed by atoms with Gasteiger partial charge in [0.1, 0.15) is 31.0 Å². The molecular formula is C25H26O11. The lowest BCUT2D eigenvalue weighted by molar-refractivity contribution is -0.278. The van der Waals surface area contributed by atoms with Crippen LogP contribution in [0.15, 0.2) is 48.6 Å². The van der Waals surface area contributed by atoms with E-state index in [4.69, 9.17) is 14.2 Å². The first-order valence-electron chi connectivity index (χ1n) is 10.8. The minimum Gasteiger partial charge on any atom is -0.504 e. The highest BCUT2D eigenvalue weighted by Crippen LogP contribution is 2.32. The summed E-state index contributed by atoms with van der Waals surface area (Å²) in [5.74, 6) is -2.14. The molecule has 2 aromatic rings. The van der Waals surface area contributed by atoms with Gasteiger partial charge in [0.05, 0.1) is 0 Å². The Morgan fingerprint density at radius 1 is 0.861 bits per heavy atom. The third kappa shape index (κ3) is 6.83. The first kappa shape index (κ1) is 26.7. The van der Waals surface area contributed by atoms with Gasteiger partial charge in [-0.15, -0.1) is 0 Å². The molecule has 5 unspecified atom stereocenters. The second-order valence-electron chi connectivity index (χ2n) is 8.02. The lowest BCUT2D eigenvalue weighted by atomic mass is 9.99. The van der Waals surface area contributed by atoms with Crippen molar-refractivity contribution in [2.45, 2.75) is 37.6 Å². The number of aromatic hydroxyl groups is 3. The zero-order valence-corrected chi connectivity index (χ0v) is 19.1. The summed E-state index contributed by atoms with van der Waals surface area (Å²) in [6, 6.07) is 8.12. The molecule has 1 saturated heterocycles. The van der Waals surface area contributed by atoms with Gasteiger partial charge in [-0.2, -0.15) is 0 Å². The minimum atomic E-state index is -1.72. The van der Waals surface area contributed by atoms with E-state index in [-0.39, 0.29) is 28.8 Å². The fraction of sp³-hybridized carbons (Fsp3) is 0.280. The maximum Gasteiger partial charge on any atom is 0.330 e. The van der Waals surface area contributed by atoms with E-state index in [0.29, 0.717) is 11.1 Å². The van der Waals surface area contributed by atoms with Crippen LogP contribution in [0.25, 0.3) is 12.2 Å². The van der Waals surface area contributed by atoms with Crippen LogP contribution >= 0.6 is 0 Å². The van der Waals surface area contributed by atoms with E-state index >= 15 is 0 Å². The number of aliphatic hydroxyl groups is 3. The van der Waals surface area contributed by atoms with E-state index in [9.17, 15) is 40.2 Å². The van der Waals surface area contributed by atoms with Crippen LogP contribution in [0, 0.1) is 0 Å². The number of allylic oxidation sites excluding steroid dienone is 1. The Bertz CT molecular complexity index is 1160. The molecule has 1 aliphatic rings. The van der Waals surface area contributed by atoms with Crippen LogP contribution in [0.1, 0.15) is 18.1 Å². The van der Waals surface area contributed by atoms with Gasteiger partial charge in [-0.05, 0) is 54.5 Å². The van der Waals surface area contributed by atoms with E-state index in [0.717, 1.165) is 6.08 Å². The number of carbonyl (C=O) groups excluding carboxylic acids is 2. The molecule has 3 rings (SSSR count). The summed E-state index contributed by atoms with van der Waals surface area (Å²) in [7, 11) is 0. The van der Waals surface area contributed by atoms with Crippen molar-refractivity contribution in [2.75, 3.05) is 6.61 Å². The molecular weight excluding hydrogens is 476 g/mol. The van der Waals surface area contributed by atoms with Gasteiger partial charge in [-0.1, -0.05) is 18.2 Å². The number of phenols is 3. The number of hydrogen-bond acceptors (Lipinski definition) is 11. The van der Waals surface area contributed by atoms with Crippen LogP contribution in [-0.2, 0) is 19.1 Å². The van der Waals surface area contributed by atoms with E-state index in [1.165, 1.54) is 61.5 Å². The summed E-state index contributed by atoms with van der Waals surface area (Å²) in [5, 5.41) is 59.7. The third-order valence-corrected chi connectivity index (χ3v) is 5.21. The van der Waals surface area contributed by atoms with Crippen LogP contribution in [0.5, 0.6) is 23.0 Å². The average molecular weight is 502 g/mol. The number of benzene rings is 2. The van der Waals surface area contributed by atoms with Crippen LogP contribution in [0.3, 0.4) is 0 Å². The first-order valence-corrected chi connectivity index (χ1v) is 10.8. The van der Waals surface area contributed by atoms with Crippen molar-refractivity contribution in [1.82, 2.24) is 0 Å². The molecule has 6 N–H and O–H groups in total. The Labute approximate surface area is 205 Å². The molecule has 0 bridgehead atoms. The van der Waals surface area contributed by atoms with Crippen molar-refractivity contribution in [3.63, 3.8) is 0 Å². The molecule has 0 radical (unpaired) electrons. The van der Waals surface area contributed by atoms with Crippen molar-refractivity contribution in [2.24, 2.45) is 0 Å². The quantitative estimate of drug-likeness (QED) is 0.171. The molecule has 0 saturated carbocycles. The minimum absolute atomic E-state index is 0.121. The summed E-state index contributed by atoms with van der Waals surface area (Å²) >= 11 is 0. The topological polar surface area (TPSA) is 183 Å². The Kier molecular flexibility index (Phi) is 8.67. The van der Waals surface area contributed by atoms with Crippen LogP contribution in [0.4, 0.5) is 0 Å². The Hall–Kier alpha value is -3.90. The number of ether oxygens (including phenoxy) is 3. The molecule has 1 aliphatic heterocycles. The zero-order chi connectivity index (χ0) is 26.4. The molecule has 5 atom stereocenters. The van der Waals surface area contributed by atoms with Gasteiger partial charge in [-0.25, -0.2) is 4.79 Å². The Balaban J connectivity index is 1.65. The highest BCUT2D eigenvalue weighted by atomic mass is 16.7. The van der Waals surface area contributed by atoms with Crippen LogP contribution < -0.4 is 4.74 Å². The lowest BCUT2D eigenvalue weighted by Crippen LogP contribution is -2.60. The predicted molar refractivity (Wildman–Crippen MR) is 125 cm³/mol. The lowest BCUT2D eigenvalue weighted by Gasteiger charge is -2.39. The van der Waals surface area contributed by atoms with E-state index in [1.54, 1.807) is 0 Å². The van der Waals surface area contributed by atoms with Crippen molar-refractivity contribution in [1.29, 1.82) is 0 Å². The summed E-state index contributed by atoms with van der Waals surface area (Å²) in [4.78, 5) is 23.2. The van der Waals surface area contributed by atoms with Gasteiger partial charge in [0.15, 0.2) is 28.8 Å². The summed E-state index contributed by atoms with van der Waals surface area (Å²) in [6.07, 6.45) is -2.71. The van der Waals surface area contributed by atoms with Crippen molar-refractivity contribution < 1.29 is 54.4 Å². The summed E-state index contributed by atoms with van der Waals surface area (Å²) in [6.45, 7) is 0.858. The van der Waals surface area contributed by atoms with E-state index < -0.39 is 43.3 Å². The van der Waals surface area contributed by atoms with E-state index in [2.05, 4.69) is 0 Å². The average Bonchev–Trinajstić information content (AvgIpc) is 2.84. The molecule has 0 aromatic heterocycles. The van der Waals surface area contributed by atoms with Gasteiger partial charge in [-0.3, -0.25) is 4.79 Å². The second-order valence-corrected chi connectivity index (χ2v) is 8.02. The van der Waals surface area contributed by atoms with Crippen LogP contribution in [0.2, 0.25) is 0 Å². The zero-order valence-electron chi connectivity index (χ0n) is 19.1. The predicted octanol–water partition coefficient (Wildman–Crippen LogP) is 0.849. The smallest absolute Gasteiger partial charge is 0.330 e. The Morgan fingerprint density at radius 2 is 1.50 bits per heavy atom. The van der Waals surface area contributed by atoms with Crippen LogP contribution in [-0.4, -0.2) is 79.7 Å². The van der Waals surface area contributed by atoms with Gasteiger partial charge < -0.3 is 44.8 Å². The summed E-state index contributed by atoms with van der Waals surface area (Å²) in [5.41, 5.74) is 0.909. The normalized spacial score (nSPS) is 24.2. The van der Waals surface area contributed by atoms with Gasteiger partial charge in [0.25, 0.3) is 0 Å². The molecule has 0 amide bonds. The Morgan fingerprint density at radius 3 is 2.17 bits per heavy atom. The number of carbonyl (C=O) groups is 2. The van der Waals surface area contributed by atoms with Gasteiger partial charge in [0.2, 0.25) is 6.29 Å². The molecule has 2 aromatic carbocycles. The number of ketones is 1. The molecule has 36 heavy (non-hydrogen) atoms. The number of rotatable bonds is 8. The van der Waals surface area contributed by atoms with Crippen molar-refractivity contribution >= 4 is 23.9 Å². The fourth-order valence-corrected chi connectivity index (χ4v) is 3.24. The highest BCUT2D eigenvalue weighted by molar-refractivity contribution is 5.91. The SMILES string of the molecule is CC(=O)C=Cc1ccc(O)c(OC2OC(COC(=O)C=Cc3ccc(O)c(O)c3)C(O)C(O)C2O)c1. The standard InChI is InChI=1S/C25H26O11/c1-13(26)2-3-15-5-8-17(28)19(11-15)35-25-24(33)23(32)22(31)20(36-25)12-34-21(30)9-6-14-4-7-16(27)18(29)10-14/h2-11,20,22-25,27-29,31-33H,12H2,1H3. The monoisotopic (exact) mass is 502 g/mol. The molecule has 11 heteroatoms. The third-order valence-electron chi connectivity index (χ3n) is 5.21. The maximum atomic E-state index is 12.1. The number of esters is 1. The molecule has 0 spiro atoms. The molecule has 11 nitrogen and oxygen atoms in total. The number of hydrogen-bond donors (Lipinski definition) is 6. The largest absolute Gasteiger partial charge is 0.504 e. The van der Waals surface area contributed by atoms with E-state index in [1.807, 2.05) is 0 Å². The molecule has 0 aliphatic carbocycles. The fourth-order valence-electron chi connectivity index (χ4n) is 3.24. The van der Waals surface area contributed by atoms with Gasteiger partial charge >= 0.3 is 5.97 Å². The van der Waals surface area contributed by atoms with Crippen molar-refractivity contribution in [3.8, 4) is 23.0 Å². The molecule has 1 heterocycles. The molecule has 1 fully saturated rings. The van der Waals surface area contributed by atoms with Crippen molar-refractivity contribution in [3.05, 3.63) is 59.7 Å². The summed E-state index contributed by atoms with van der Waals surface area (Å²) < 4.78 is 16.1. The highest BCUT2D eigenvalue weighted by Gasteiger charge is 2.45. The molecule has 192 valence electrons. The second kappa shape index (κ2) is 11.7.